The van der Waals surface area contributed by atoms with Gasteiger partial charge >= 0.3 is 0 Å². The molecule has 1 heterocycles. The van der Waals surface area contributed by atoms with Crippen LogP contribution in [0.4, 0.5) is 8.78 Å². The Morgan fingerprint density at radius 2 is 2.00 bits per heavy atom. The lowest BCUT2D eigenvalue weighted by Crippen LogP contribution is -2.13. The van der Waals surface area contributed by atoms with Crippen molar-refractivity contribution in [2.24, 2.45) is 5.73 Å². The molecule has 1 aromatic heterocycles. The molecule has 0 amide bonds. The summed E-state index contributed by atoms with van der Waals surface area (Å²) in [5.41, 5.74) is 6.90. The molecule has 0 saturated carbocycles. The molecule has 1 atom stereocenters. The largest absolute Gasteiger partial charge is 0.320 e. The maximum atomic E-state index is 13.5. The zero-order chi connectivity index (χ0) is 11.7. The third kappa shape index (κ3) is 2.13. The third-order valence-electron chi connectivity index (χ3n) is 2.40. The van der Waals surface area contributed by atoms with Gasteiger partial charge < -0.3 is 5.73 Å². The van der Waals surface area contributed by atoms with E-state index in [1.807, 2.05) is 18.4 Å². The lowest BCUT2D eigenvalue weighted by atomic mass is 10.0. The summed E-state index contributed by atoms with van der Waals surface area (Å²) >= 11 is 1.54. The minimum absolute atomic E-state index is 0.192. The fourth-order valence-corrected chi connectivity index (χ4v) is 2.30. The van der Waals surface area contributed by atoms with Crippen LogP contribution in [-0.4, -0.2) is 0 Å². The second kappa shape index (κ2) is 4.31. The topological polar surface area (TPSA) is 26.0 Å². The maximum absolute atomic E-state index is 13.5. The second-order valence-corrected chi connectivity index (χ2v) is 4.75. The molecule has 0 bridgehead atoms. The summed E-state index contributed by atoms with van der Waals surface area (Å²) in [7, 11) is 0. The predicted octanol–water partition coefficient (Wildman–Crippen LogP) is 3.38. The quantitative estimate of drug-likeness (QED) is 0.854. The minimum Gasteiger partial charge on any atom is -0.320 e. The normalized spacial score (nSPS) is 12.8. The van der Waals surface area contributed by atoms with Gasteiger partial charge in [-0.1, -0.05) is 0 Å². The molecule has 0 fully saturated rings. The number of rotatable bonds is 2. The first-order valence-corrected chi connectivity index (χ1v) is 5.71. The van der Waals surface area contributed by atoms with Crippen molar-refractivity contribution in [1.82, 2.24) is 0 Å². The van der Waals surface area contributed by atoms with E-state index in [2.05, 4.69) is 0 Å². The van der Waals surface area contributed by atoms with Gasteiger partial charge in [-0.05, 0) is 42.1 Å². The molecule has 2 rings (SSSR count). The zero-order valence-corrected chi connectivity index (χ0v) is 9.52. The molecule has 2 aromatic rings. The highest BCUT2D eigenvalue weighted by atomic mass is 32.1. The van der Waals surface area contributed by atoms with Crippen LogP contribution >= 0.6 is 11.3 Å². The van der Waals surface area contributed by atoms with Gasteiger partial charge in [0.2, 0.25) is 0 Å². The Hall–Kier alpha value is -1.26. The summed E-state index contributed by atoms with van der Waals surface area (Å²) in [6.07, 6.45) is 0. The number of benzene rings is 1. The van der Waals surface area contributed by atoms with Crippen LogP contribution in [0.1, 0.15) is 22.0 Å². The Kier molecular flexibility index (Phi) is 3.03. The van der Waals surface area contributed by atoms with Gasteiger partial charge in [0, 0.05) is 10.4 Å². The zero-order valence-electron chi connectivity index (χ0n) is 8.71. The molecule has 0 spiro atoms. The fraction of sp³-hybridized carbons (Fsp3) is 0.167. The van der Waals surface area contributed by atoms with E-state index in [-0.39, 0.29) is 5.56 Å². The van der Waals surface area contributed by atoms with Gasteiger partial charge in [0.25, 0.3) is 0 Å². The van der Waals surface area contributed by atoms with E-state index < -0.39 is 17.7 Å². The van der Waals surface area contributed by atoms with Gasteiger partial charge in [-0.2, -0.15) is 0 Å². The van der Waals surface area contributed by atoms with Crippen molar-refractivity contribution in [1.29, 1.82) is 0 Å². The Labute approximate surface area is 96.5 Å². The molecular formula is C12H11F2NS. The van der Waals surface area contributed by atoms with Crippen molar-refractivity contribution < 1.29 is 8.78 Å². The van der Waals surface area contributed by atoms with Gasteiger partial charge in [0.15, 0.2) is 0 Å². The van der Waals surface area contributed by atoms with Crippen molar-refractivity contribution in [2.75, 3.05) is 0 Å². The molecule has 4 heteroatoms. The summed E-state index contributed by atoms with van der Waals surface area (Å²) in [5.74, 6) is -0.948. The van der Waals surface area contributed by atoms with Crippen LogP contribution in [-0.2, 0) is 0 Å². The van der Waals surface area contributed by atoms with Crippen LogP contribution in [0.3, 0.4) is 0 Å². The average molecular weight is 239 g/mol. The third-order valence-corrected chi connectivity index (χ3v) is 3.28. The van der Waals surface area contributed by atoms with Gasteiger partial charge in [0.1, 0.15) is 11.6 Å². The average Bonchev–Trinajstić information content (AvgIpc) is 2.67. The van der Waals surface area contributed by atoms with Crippen LogP contribution in [0.15, 0.2) is 29.6 Å². The molecule has 1 unspecified atom stereocenters. The Morgan fingerprint density at radius 3 is 2.62 bits per heavy atom. The number of thiophene rings is 1. The molecule has 0 radical (unpaired) electrons. The van der Waals surface area contributed by atoms with Crippen LogP contribution < -0.4 is 5.73 Å². The standard InChI is InChI=1S/C12H11F2NS/c1-7-4-8(6-16-7)12(15)10-5-9(13)2-3-11(10)14/h2-6,12H,15H2,1H3. The van der Waals surface area contributed by atoms with Gasteiger partial charge in [-0.25, -0.2) is 8.78 Å². The van der Waals surface area contributed by atoms with E-state index in [1.165, 1.54) is 0 Å². The highest BCUT2D eigenvalue weighted by Gasteiger charge is 2.15. The van der Waals surface area contributed by atoms with Gasteiger partial charge in [0.05, 0.1) is 6.04 Å². The first-order valence-electron chi connectivity index (χ1n) is 4.83. The molecule has 2 N–H and O–H groups in total. The second-order valence-electron chi connectivity index (χ2n) is 3.63. The first kappa shape index (κ1) is 11.2. The summed E-state index contributed by atoms with van der Waals surface area (Å²) in [5, 5.41) is 1.87. The molecule has 1 nitrogen and oxygen atoms in total. The number of aryl methyl sites for hydroxylation is 1. The highest BCUT2D eigenvalue weighted by Crippen LogP contribution is 2.26. The van der Waals surface area contributed by atoms with E-state index in [4.69, 9.17) is 5.73 Å². The lowest BCUT2D eigenvalue weighted by molar-refractivity contribution is 0.577. The fourth-order valence-electron chi connectivity index (χ4n) is 1.56. The Morgan fingerprint density at radius 1 is 1.25 bits per heavy atom. The van der Waals surface area contributed by atoms with Gasteiger partial charge in [-0.3, -0.25) is 0 Å². The van der Waals surface area contributed by atoms with Crippen molar-refractivity contribution in [3.05, 3.63) is 57.3 Å². The molecule has 84 valence electrons. The van der Waals surface area contributed by atoms with Crippen molar-refractivity contribution in [3.63, 3.8) is 0 Å². The molecule has 16 heavy (non-hydrogen) atoms. The molecule has 0 saturated heterocycles. The first-order chi connectivity index (χ1) is 7.58. The van der Waals surface area contributed by atoms with Crippen LogP contribution in [0.5, 0.6) is 0 Å². The number of hydrogen-bond acceptors (Lipinski definition) is 2. The van der Waals surface area contributed by atoms with Crippen molar-refractivity contribution >= 4 is 11.3 Å². The molecule has 0 aliphatic heterocycles. The van der Waals surface area contributed by atoms with Crippen LogP contribution in [0.2, 0.25) is 0 Å². The summed E-state index contributed by atoms with van der Waals surface area (Å²) in [6.45, 7) is 1.95. The maximum Gasteiger partial charge on any atom is 0.128 e. The summed E-state index contributed by atoms with van der Waals surface area (Å²) in [4.78, 5) is 1.10. The summed E-state index contributed by atoms with van der Waals surface area (Å²) in [6, 6.07) is 4.61. The SMILES string of the molecule is Cc1cc(C(N)c2cc(F)ccc2F)cs1. The van der Waals surface area contributed by atoms with Gasteiger partial charge in [-0.15, -0.1) is 11.3 Å². The van der Waals surface area contributed by atoms with E-state index in [0.717, 1.165) is 28.6 Å². The smallest absolute Gasteiger partial charge is 0.128 e. The van der Waals surface area contributed by atoms with E-state index in [0.29, 0.717) is 0 Å². The summed E-state index contributed by atoms with van der Waals surface area (Å²) < 4.78 is 26.5. The monoisotopic (exact) mass is 239 g/mol. The Bertz CT molecular complexity index is 507. The molecular weight excluding hydrogens is 228 g/mol. The van der Waals surface area contributed by atoms with E-state index in [9.17, 15) is 8.78 Å². The van der Waals surface area contributed by atoms with Crippen LogP contribution in [0, 0.1) is 18.6 Å². The van der Waals surface area contributed by atoms with Crippen molar-refractivity contribution in [2.45, 2.75) is 13.0 Å². The van der Waals surface area contributed by atoms with Crippen LogP contribution in [0.25, 0.3) is 0 Å². The number of halogens is 2. The van der Waals surface area contributed by atoms with Crippen molar-refractivity contribution in [3.8, 4) is 0 Å². The molecule has 0 aliphatic carbocycles. The lowest BCUT2D eigenvalue weighted by Gasteiger charge is -2.11. The highest BCUT2D eigenvalue weighted by molar-refractivity contribution is 7.10. The molecule has 0 aliphatic rings. The number of nitrogens with two attached hydrogens (primary N) is 1. The van der Waals surface area contributed by atoms with E-state index >= 15 is 0 Å². The minimum atomic E-state index is -0.611. The Balaban J connectivity index is 2.40. The predicted molar refractivity (Wildman–Crippen MR) is 61.4 cm³/mol. The molecule has 1 aromatic carbocycles. The van der Waals surface area contributed by atoms with E-state index in [1.54, 1.807) is 11.3 Å². The number of hydrogen-bond donors (Lipinski definition) is 1.